The van der Waals surface area contributed by atoms with Crippen molar-refractivity contribution in [3.8, 4) is 0 Å². The molecular weight excluding hydrogens is 312 g/mol. The highest BCUT2D eigenvalue weighted by Gasteiger charge is 2.24. The molecule has 0 aliphatic heterocycles. The maximum atomic E-state index is 9.39. The van der Waals surface area contributed by atoms with Crippen LogP contribution in [0.15, 0.2) is 30.3 Å². The second-order valence-corrected chi connectivity index (χ2v) is 8.24. The van der Waals surface area contributed by atoms with Crippen molar-refractivity contribution in [1.82, 2.24) is 0 Å². The smallest absolute Gasteiger partial charge is 0.0444 e. The largest absolute Gasteiger partial charge is 0.396 e. The van der Waals surface area contributed by atoms with Crippen molar-refractivity contribution in [3.05, 3.63) is 35.9 Å². The van der Waals surface area contributed by atoms with E-state index in [2.05, 4.69) is 37.3 Å². The van der Waals surface area contributed by atoms with E-state index in [9.17, 15) is 5.11 Å². The van der Waals surface area contributed by atoms with Crippen molar-refractivity contribution in [1.29, 1.82) is 0 Å². The van der Waals surface area contributed by atoms with Crippen molar-refractivity contribution in [2.24, 2.45) is 0 Å². The number of thiol groups is 1. The molecule has 0 heterocycles. The van der Waals surface area contributed by atoms with E-state index in [0.717, 1.165) is 19.3 Å². The van der Waals surface area contributed by atoms with Crippen molar-refractivity contribution in [3.63, 3.8) is 0 Å². The third-order valence-electron chi connectivity index (χ3n) is 4.95. The molecule has 0 spiro atoms. The van der Waals surface area contributed by atoms with Gasteiger partial charge in [0.15, 0.2) is 0 Å². The molecule has 0 aliphatic carbocycles. The van der Waals surface area contributed by atoms with E-state index in [1.165, 1.54) is 69.8 Å². The standard InChI is InChI=1S/C22H38OS/c1-2-3-4-5-6-7-8-9-10-14-17-22(24,18-19-23)20-21-15-12-11-13-16-21/h11-13,15-16,23-24H,2-10,14,17-20H2,1H3. The molecule has 0 bridgehead atoms. The molecule has 1 aromatic carbocycles. The molecule has 138 valence electrons. The van der Waals surface area contributed by atoms with Crippen molar-refractivity contribution >= 4 is 12.6 Å². The third-order valence-corrected chi connectivity index (χ3v) is 5.55. The Labute approximate surface area is 155 Å². The third kappa shape index (κ3) is 10.4. The Morgan fingerprint density at radius 3 is 1.88 bits per heavy atom. The molecule has 24 heavy (non-hydrogen) atoms. The Balaban J connectivity index is 2.15. The van der Waals surface area contributed by atoms with Gasteiger partial charge < -0.3 is 5.11 Å². The van der Waals surface area contributed by atoms with Crippen LogP contribution < -0.4 is 0 Å². The van der Waals surface area contributed by atoms with Crippen LogP contribution in [0.4, 0.5) is 0 Å². The van der Waals surface area contributed by atoms with Crippen LogP contribution in [0, 0.1) is 0 Å². The second-order valence-electron chi connectivity index (χ2n) is 7.29. The first-order valence-corrected chi connectivity index (χ1v) is 10.5. The number of hydrogen-bond acceptors (Lipinski definition) is 2. The highest BCUT2D eigenvalue weighted by molar-refractivity contribution is 7.81. The number of benzene rings is 1. The van der Waals surface area contributed by atoms with E-state index in [0.29, 0.717) is 0 Å². The van der Waals surface area contributed by atoms with Gasteiger partial charge in [-0.15, -0.1) is 0 Å². The molecule has 1 unspecified atom stereocenters. The molecule has 1 nitrogen and oxygen atoms in total. The van der Waals surface area contributed by atoms with Gasteiger partial charge in [-0.05, 0) is 24.8 Å². The highest BCUT2D eigenvalue weighted by atomic mass is 32.1. The van der Waals surface area contributed by atoms with Gasteiger partial charge in [0, 0.05) is 11.4 Å². The molecule has 1 N–H and O–H groups in total. The van der Waals surface area contributed by atoms with Crippen LogP contribution in [0.25, 0.3) is 0 Å². The molecule has 1 aromatic rings. The molecule has 0 aromatic heterocycles. The summed E-state index contributed by atoms with van der Waals surface area (Å²) < 4.78 is -0.0593. The van der Waals surface area contributed by atoms with Crippen molar-refractivity contribution in [2.75, 3.05) is 6.61 Å². The average Bonchev–Trinajstić information content (AvgIpc) is 2.57. The first-order valence-electron chi connectivity index (χ1n) is 10.1. The molecule has 0 radical (unpaired) electrons. The van der Waals surface area contributed by atoms with Gasteiger partial charge in [-0.1, -0.05) is 101 Å². The summed E-state index contributed by atoms with van der Waals surface area (Å²) in [5.74, 6) is 0. The Bertz CT molecular complexity index is 392. The zero-order valence-corrected chi connectivity index (χ0v) is 16.6. The maximum Gasteiger partial charge on any atom is 0.0444 e. The quantitative estimate of drug-likeness (QED) is 0.270. The Hall–Kier alpha value is -0.470. The van der Waals surface area contributed by atoms with Crippen molar-refractivity contribution in [2.45, 2.75) is 95.1 Å². The molecule has 0 saturated carbocycles. The first-order chi connectivity index (χ1) is 11.7. The molecule has 1 rings (SSSR count). The van der Waals surface area contributed by atoms with Crippen LogP contribution in [-0.4, -0.2) is 16.5 Å². The fraction of sp³-hybridized carbons (Fsp3) is 0.727. The lowest BCUT2D eigenvalue weighted by Gasteiger charge is -2.28. The summed E-state index contributed by atoms with van der Waals surface area (Å²) in [5, 5.41) is 9.39. The minimum Gasteiger partial charge on any atom is -0.396 e. The van der Waals surface area contributed by atoms with Gasteiger partial charge in [-0.3, -0.25) is 0 Å². The first kappa shape index (κ1) is 21.6. The summed E-state index contributed by atoms with van der Waals surface area (Å²) in [5.41, 5.74) is 1.33. The normalized spacial score (nSPS) is 13.8. The number of rotatable bonds is 15. The van der Waals surface area contributed by atoms with Crippen LogP contribution in [0.2, 0.25) is 0 Å². The lowest BCUT2D eigenvalue weighted by Crippen LogP contribution is -2.26. The summed E-state index contributed by atoms with van der Waals surface area (Å²) in [7, 11) is 0. The van der Waals surface area contributed by atoms with E-state index in [4.69, 9.17) is 12.6 Å². The minimum absolute atomic E-state index is 0.0593. The number of aliphatic hydroxyl groups excluding tert-OH is 1. The summed E-state index contributed by atoms with van der Waals surface area (Å²) in [6.45, 7) is 2.50. The van der Waals surface area contributed by atoms with Gasteiger partial charge in [0.25, 0.3) is 0 Å². The van der Waals surface area contributed by atoms with E-state index in [1.807, 2.05) is 0 Å². The second kappa shape index (κ2) is 13.8. The molecule has 0 amide bonds. The van der Waals surface area contributed by atoms with Gasteiger partial charge >= 0.3 is 0 Å². The summed E-state index contributed by atoms with van der Waals surface area (Å²) in [4.78, 5) is 0. The SMILES string of the molecule is CCCCCCCCCCCCC(S)(CCO)Cc1ccccc1. The molecule has 0 fully saturated rings. The van der Waals surface area contributed by atoms with E-state index < -0.39 is 0 Å². The maximum absolute atomic E-state index is 9.39. The Morgan fingerprint density at radius 2 is 1.33 bits per heavy atom. The molecule has 1 atom stereocenters. The van der Waals surface area contributed by atoms with Crippen LogP contribution in [0.5, 0.6) is 0 Å². The summed E-state index contributed by atoms with van der Waals surface area (Å²) in [6.07, 6.45) is 16.5. The summed E-state index contributed by atoms with van der Waals surface area (Å²) in [6, 6.07) is 10.6. The van der Waals surface area contributed by atoms with Gasteiger partial charge in [-0.2, -0.15) is 12.6 Å². The molecule has 0 saturated heterocycles. The monoisotopic (exact) mass is 350 g/mol. The zero-order valence-electron chi connectivity index (χ0n) is 15.7. The van der Waals surface area contributed by atoms with Crippen LogP contribution >= 0.6 is 12.6 Å². The van der Waals surface area contributed by atoms with E-state index >= 15 is 0 Å². The summed E-state index contributed by atoms with van der Waals surface area (Å²) >= 11 is 4.94. The van der Waals surface area contributed by atoms with Crippen LogP contribution in [0.1, 0.15) is 89.5 Å². The fourth-order valence-electron chi connectivity index (χ4n) is 3.43. The Kier molecular flexibility index (Phi) is 12.4. The number of unbranched alkanes of at least 4 members (excludes halogenated alkanes) is 9. The predicted molar refractivity (Wildman–Crippen MR) is 110 cm³/mol. The van der Waals surface area contributed by atoms with Crippen LogP contribution in [-0.2, 0) is 6.42 Å². The van der Waals surface area contributed by atoms with E-state index in [1.54, 1.807) is 0 Å². The van der Waals surface area contributed by atoms with Gasteiger partial charge in [0.1, 0.15) is 0 Å². The molecular formula is C22H38OS. The van der Waals surface area contributed by atoms with Gasteiger partial charge in [0.2, 0.25) is 0 Å². The zero-order chi connectivity index (χ0) is 17.5. The van der Waals surface area contributed by atoms with E-state index in [-0.39, 0.29) is 11.4 Å². The average molecular weight is 351 g/mol. The Morgan fingerprint density at radius 1 is 0.792 bits per heavy atom. The highest BCUT2D eigenvalue weighted by Crippen LogP contribution is 2.30. The predicted octanol–water partition coefficient (Wildman–Crippen LogP) is 6.59. The van der Waals surface area contributed by atoms with Crippen molar-refractivity contribution < 1.29 is 5.11 Å². The number of hydrogen-bond donors (Lipinski definition) is 2. The van der Waals surface area contributed by atoms with Crippen LogP contribution in [0.3, 0.4) is 0 Å². The lowest BCUT2D eigenvalue weighted by molar-refractivity contribution is 0.262. The molecule has 0 aliphatic rings. The number of aliphatic hydroxyl groups is 1. The van der Waals surface area contributed by atoms with Gasteiger partial charge in [-0.25, -0.2) is 0 Å². The topological polar surface area (TPSA) is 20.2 Å². The fourth-order valence-corrected chi connectivity index (χ4v) is 3.87. The minimum atomic E-state index is -0.0593. The molecule has 2 heteroatoms. The van der Waals surface area contributed by atoms with Gasteiger partial charge in [0.05, 0.1) is 0 Å². The lowest BCUT2D eigenvalue weighted by atomic mass is 9.90.